The highest BCUT2D eigenvalue weighted by Gasteiger charge is 2.47. The first-order chi connectivity index (χ1) is 10.4. The molecule has 2 unspecified atom stereocenters. The molecule has 1 fully saturated rings. The Labute approximate surface area is 134 Å². The second kappa shape index (κ2) is 6.60. The van der Waals surface area contributed by atoms with Crippen molar-refractivity contribution in [2.45, 2.75) is 43.2 Å². The smallest absolute Gasteiger partial charge is 0.329 e. The molecule has 22 heavy (non-hydrogen) atoms. The van der Waals surface area contributed by atoms with E-state index >= 15 is 0 Å². The SMILES string of the molecule is CSc1ccc(OC(C)C(=O)N2CCCC2(C)C(=O)O)cc1. The third-order valence-corrected chi connectivity index (χ3v) is 4.83. The molecule has 1 N–H and O–H groups in total. The van der Waals surface area contributed by atoms with Gasteiger partial charge in [0, 0.05) is 11.4 Å². The van der Waals surface area contributed by atoms with E-state index in [2.05, 4.69) is 0 Å². The van der Waals surface area contributed by atoms with Crippen LogP contribution in [0.2, 0.25) is 0 Å². The first-order valence-electron chi connectivity index (χ1n) is 7.24. The van der Waals surface area contributed by atoms with Crippen LogP contribution < -0.4 is 4.74 Å². The van der Waals surface area contributed by atoms with E-state index in [-0.39, 0.29) is 5.91 Å². The summed E-state index contributed by atoms with van der Waals surface area (Å²) in [7, 11) is 0. The van der Waals surface area contributed by atoms with Crippen molar-refractivity contribution in [3.05, 3.63) is 24.3 Å². The second-order valence-corrected chi connectivity index (χ2v) is 6.49. The highest BCUT2D eigenvalue weighted by molar-refractivity contribution is 7.98. The van der Waals surface area contributed by atoms with Gasteiger partial charge in [0.05, 0.1) is 0 Å². The van der Waals surface area contributed by atoms with Crippen molar-refractivity contribution < 1.29 is 19.4 Å². The number of aliphatic carboxylic acids is 1. The second-order valence-electron chi connectivity index (χ2n) is 5.61. The lowest BCUT2D eigenvalue weighted by atomic mass is 9.99. The molecule has 2 rings (SSSR count). The van der Waals surface area contributed by atoms with Crippen LogP contribution in [0.25, 0.3) is 0 Å². The minimum Gasteiger partial charge on any atom is -0.481 e. The molecule has 1 aromatic rings. The van der Waals surface area contributed by atoms with Gasteiger partial charge < -0.3 is 14.7 Å². The van der Waals surface area contributed by atoms with Gasteiger partial charge in [0.2, 0.25) is 0 Å². The lowest BCUT2D eigenvalue weighted by molar-refractivity contribution is -0.157. The molecule has 1 amide bonds. The number of hydrogen-bond donors (Lipinski definition) is 1. The molecule has 5 nitrogen and oxygen atoms in total. The minimum atomic E-state index is -1.13. The van der Waals surface area contributed by atoms with E-state index in [1.165, 1.54) is 4.90 Å². The van der Waals surface area contributed by atoms with Crippen LogP contribution in [0.3, 0.4) is 0 Å². The molecule has 0 saturated carbocycles. The highest BCUT2D eigenvalue weighted by atomic mass is 32.2. The van der Waals surface area contributed by atoms with Crippen molar-refractivity contribution in [1.29, 1.82) is 0 Å². The van der Waals surface area contributed by atoms with Gasteiger partial charge in [0.15, 0.2) is 6.10 Å². The van der Waals surface area contributed by atoms with Crippen molar-refractivity contribution in [3.63, 3.8) is 0 Å². The van der Waals surface area contributed by atoms with Gasteiger partial charge in [-0.3, -0.25) is 4.79 Å². The molecule has 1 aliphatic rings. The summed E-state index contributed by atoms with van der Waals surface area (Å²) in [5.74, 6) is -0.638. The molecule has 0 aliphatic carbocycles. The fourth-order valence-corrected chi connectivity index (χ4v) is 3.08. The van der Waals surface area contributed by atoms with Crippen LogP contribution in [-0.2, 0) is 9.59 Å². The van der Waals surface area contributed by atoms with Gasteiger partial charge in [-0.2, -0.15) is 0 Å². The molecule has 0 spiro atoms. The molecule has 1 saturated heterocycles. The maximum atomic E-state index is 12.5. The van der Waals surface area contributed by atoms with Crippen molar-refractivity contribution in [2.75, 3.05) is 12.8 Å². The Morgan fingerprint density at radius 3 is 2.55 bits per heavy atom. The zero-order chi connectivity index (χ0) is 16.3. The Bertz CT molecular complexity index is 560. The lowest BCUT2D eigenvalue weighted by Crippen LogP contribution is -2.54. The van der Waals surface area contributed by atoms with Gasteiger partial charge in [-0.25, -0.2) is 4.79 Å². The monoisotopic (exact) mass is 323 g/mol. The minimum absolute atomic E-state index is 0.281. The standard InChI is InChI=1S/C16H21NO4S/c1-11(21-12-5-7-13(22-3)8-6-12)14(18)17-10-4-9-16(17,2)15(19)20/h5-8,11H,4,9-10H2,1-3H3,(H,19,20). The summed E-state index contributed by atoms with van der Waals surface area (Å²) in [6.07, 6.45) is 2.45. The van der Waals surface area contributed by atoms with E-state index in [4.69, 9.17) is 4.74 Å². The molecule has 1 aliphatic heterocycles. The molecule has 2 atom stereocenters. The maximum Gasteiger partial charge on any atom is 0.329 e. The van der Waals surface area contributed by atoms with Crippen LogP contribution in [0.1, 0.15) is 26.7 Å². The third-order valence-electron chi connectivity index (χ3n) is 4.09. The fraction of sp³-hybridized carbons (Fsp3) is 0.500. The predicted molar refractivity (Wildman–Crippen MR) is 85.3 cm³/mol. The number of thioether (sulfide) groups is 1. The normalized spacial score (nSPS) is 22.4. The number of carbonyl (C=O) groups excluding carboxylic acids is 1. The zero-order valence-corrected chi connectivity index (χ0v) is 13.9. The average molecular weight is 323 g/mol. The van der Waals surface area contributed by atoms with Crippen LogP contribution in [0.15, 0.2) is 29.2 Å². The van der Waals surface area contributed by atoms with E-state index in [0.717, 1.165) is 4.90 Å². The summed E-state index contributed by atoms with van der Waals surface area (Å²) in [4.78, 5) is 26.5. The van der Waals surface area contributed by atoms with Gasteiger partial charge in [-0.15, -0.1) is 11.8 Å². The third kappa shape index (κ3) is 3.21. The Morgan fingerprint density at radius 1 is 1.36 bits per heavy atom. The van der Waals surface area contributed by atoms with Gasteiger partial charge in [-0.05, 0) is 57.2 Å². The number of carboxylic acids is 1. The van der Waals surface area contributed by atoms with Crippen LogP contribution in [0, 0.1) is 0 Å². The number of likely N-dealkylation sites (tertiary alicyclic amines) is 1. The molecule has 0 bridgehead atoms. The summed E-state index contributed by atoms with van der Waals surface area (Å²) >= 11 is 1.63. The summed E-state index contributed by atoms with van der Waals surface area (Å²) in [6.45, 7) is 3.71. The van der Waals surface area contributed by atoms with Crippen molar-refractivity contribution in [3.8, 4) is 5.75 Å². The quantitative estimate of drug-likeness (QED) is 0.844. The summed E-state index contributed by atoms with van der Waals surface area (Å²) in [6, 6.07) is 7.48. The Hall–Kier alpha value is -1.69. The number of hydrogen-bond acceptors (Lipinski definition) is 4. The largest absolute Gasteiger partial charge is 0.481 e. The van der Waals surface area contributed by atoms with E-state index < -0.39 is 17.6 Å². The van der Waals surface area contributed by atoms with Crippen LogP contribution in [-0.4, -0.2) is 46.3 Å². The summed E-state index contributed by atoms with van der Waals surface area (Å²) in [5, 5.41) is 9.38. The number of carbonyl (C=O) groups is 2. The first-order valence-corrected chi connectivity index (χ1v) is 8.46. The topological polar surface area (TPSA) is 66.8 Å². The van der Waals surface area contributed by atoms with E-state index in [9.17, 15) is 14.7 Å². The van der Waals surface area contributed by atoms with E-state index in [0.29, 0.717) is 25.1 Å². The van der Waals surface area contributed by atoms with E-state index in [1.807, 2.05) is 30.5 Å². The van der Waals surface area contributed by atoms with Gasteiger partial charge in [0.25, 0.3) is 5.91 Å². The zero-order valence-electron chi connectivity index (χ0n) is 13.0. The number of benzene rings is 1. The molecule has 120 valence electrons. The molecular formula is C16H21NO4S. The van der Waals surface area contributed by atoms with Crippen LogP contribution in [0.4, 0.5) is 0 Å². The van der Waals surface area contributed by atoms with E-state index in [1.54, 1.807) is 25.6 Å². The molecule has 1 heterocycles. The maximum absolute atomic E-state index is 12.5. The molecule has 1 aromatic carbocycles. The molecular weight excluding hydrogens is 302 g/mol. The number of amides is 1. The summed E-state index contributed by atoms with van der Waals surface area (Å²) < 4.78 is 5.67. The van der Waals surface area contributed by atoms with Crippen molar-refractivity contribution in [2.24, 2.45) is 0 Å². The first kappa shape index (κ1) is 16.7. The Morgan fingerprint density at radius 2 is 2.00 bits per heavy atom. The van der Waals surface area contributed by atoms with Crippen LogP contribution >= 0.6 is 11.8 Å². The molecule has 0 radical (unpaired) electrons. The van der Waals surface area contributed by atoms with Gasteiger partial charge in [0.1, 0.15) is 11.3 Å². The lowest BCUT2D eigenvalue weighted by Gasteiger charge is -2.33. The summed E-state index contributed by atoms with van der Waals surface area (Å²) in [5.41, 5.74) is -1.13. The molecule has 0 aromatic heterocycles. The fourth-order valence-electron chi connectivity index (χ4n) is 2.67. The van der Waals surface area contributed by atoms with Crippen molar-refractivity contribution >= 4 is 23.6 Å². The highest BCUT2D eigenvalue weighted by Crippen LogP contribution is 2.30. The van der Waals surface area contributed by atoms with Crippen LogP contribution in [0.5, 0.6) is 5.75 Å². The predicted octanol–water partition coefficient (Wildman–Crippen LogP) is 2.64. The number of rotatable bonds is 5. The number of carboxylic acid groups (broad SMARTS) is 1. The Balaban J connectivity index is 2.06. The number of ether oxygens (including phenoxy) is 1. The Kier molecular flexibility index (Phi) is 5.01. The van der Waals surface area contributed by atoms with Crippen molar-refractivity contribution in [1.82, 2.24) is 4.90 Å². The van der Waals surface area contributed by atoms with Gasteiger partial charge in [-0.1, -0.05) is 0 Å². The molecule has 6 heteroatoms. The van der Waals surface area contributed by atoms with Gasteiger partial charge >= 0.3 is 5.97 Å². The number of nitrogens with zero attached hydrogens (tertiary/aromatic N) is 1. The average Bonchev–Trinajstić information content (AvgIpc) is 2.90.